The lowest BCUT2D eigenvalue weighted by atomic mass is 10.1. The fraction of sp³-hybridized carbons (Fsp3) is 0.550. The number of hydrogen-bond donors (Lipinski definition) is 2. The van der Waals surface area contributed by atoms with Crippen molar-refractivity contribution in [1.29, 1.82) is 0 Å². The Kier molecular flexibility index (Phi) is 7.91. The largest absolute Gasteiger partial charge is 0.469 e. The van der Waals surface area contributed by atoms with Crippen LogP contribution in [-0.2, 0) is 25.7 Å². The fourth-order valence-corrected chi connectivity index (χ4v) is 4.54. The van der Waals surface area contributed by atoms with E-state index in [2.05, 4.69) is 26.3 Å². The van der Waals surface area contributed by atoms with Crippen LogP contribution < -0.4 is 10.6 Å². The maximum Gasteiger partial charge on any atom is 0.307 e. The number of methoxy groups -OCH3 is 1. The minimum Gasteiger partial charge on any atom is -0.469 e. The van der Waals surface area contributed by atoms with Gasteiger partial charge in [-0.15, -0.1) is 0 Å². The second-order valence-electron chi connectivity index (χ2n) is 7.19. The summed E-state index contributed by atoms with van der Waals surface area (Å²) in [4.78, 5) is 40.5. The first-order valence-electron chi connectivity index (χ1n) is 9.82. The quantitative estimate of drug-likeness (QED) is 0.622. The lowest BCUT2D eigenvalue weighted by Crippen LogP contribution is -2.57. The first kappa shape index (κ1) is 21.6. The smallest absolute Gasteiger partial charge is 0.307 e. The Morgan fingerprint density at radius 3 is 2.83 bits per heavy atom. The lowest BCUT2D eigenvalue weighted by Gasteiger charge is -2.33. The number of hydrogen-bond acceptors (Lipinski definition) is 7. The minimum absolute atomic E-state index is 0.0443. The molecule has 0 spiro atoms. The van der Waals surface area contributed by atoms with Crippen LogP contribution in [0.3, 0.4) is 0 Å². The van der Waals surface area contributed by atoms with Crippen LogP contribution >= 0.6 is 11.8 Å². The molecule has 1 aromatic carbocycles. The maximum absolute atomic E-state index is 12.6. The number of piperazine rings is 1. The molecule has 2 aliphatic rings. The van der Waals surface area contributed by atoms with Crippen LogP contribution in [0.2, 0.25) is 0 Å². The number of thioether (sulfide) groups is 1. The Morgan fingerprint density at radius 1 is 1.28 bits per heavy atom. The van der Waals surface area contributed by atoms with Crippen molar-refractivity contribution in [3.8, 4) is 0 Å². The van der Waals surface area contributed by atoms with Gasteiger partial charge in [-0.25, -0.2) is 0 Å². The molecule has 2 heterocycles. The number of carbonyl (C=O) groups is 3. The van der Waals surface area contributed by atoms with Crippen LogP contribution in [0.5, 0.6) is 0 Å². The van der Waals surface area contributed by atoms with E-state index in [1.165, 1.54) is 7.11 Å². The summed E-state index contributed by atoms with van der Waals surface area (Å²) in [5.74, 6) is 1.39. The van der Waals surface area contributed by atoms with Gasteiger partial charge in [0.2, 0.25) is 11.8 Å². The molecule has 2 amide bonds. The van der Waals surface area contributed by atoms with Gasteiger partial charge >= 0.3 is 5.97 Å². The highest BCUT2D eigenvalue weighted by Crippen LogP contribution is 2.17. The Labute approximate surface area is 175 Å². The Hall–Kier alpha value is -2.10. The summed E-state index contributed by atoms with van der Waals surface area (Å²) in [6, 6.07) is 7.18. The molecule has 0 aromatic heterocycles. The predicted molar refractivity (Wildman–Crippen MR) is 113 cm³/mol. The number of anilines is 1. The molecule has 0 saturated carbocycles. The third kappa shape index (κ3) is 6.45. The Bertz CT molecular complexity index is 739. The van der Waals surface area contributed by atoms with E-state index in [0.29, 0.717) is 13.1 Å². The molecule has 158 valence electrons. The van der Waals surface area contributed by atoms with Crippen LogP contribution in [0, 0.1) is 0 Å². The molecule has 0 aliphatic carbocycles. The molecular formula is C20H28N4O4S. The average Bonchev–Trinajstić information content (AvgIpc) is 2.71. The van der Waals surface area contributed by atoms with Gasteiger partial charge in [0.25, 0.3) is 0 Å². The van der Waals surface area contributed by atoms with E-state index in [0.717, 1.165) is 42.4 Å². The fourth-order valence-electron chi connectivity index (χ4n) is 3.56. The first-order chi connectivity index (χ1) is 14.0. The van der Waals surface area contributed by atoms with Gasteiger partial charge in [-0.2, -0.15) is 11.8 Å². The number of esters is 1. The van der Waals surface area contributed by atoms with Crippen molar-refractivity contribution in [3.63, 3.8) is 0 Å². The molecule has 2 aliphatic heterocycles. The highest BCUT2D eigenvalue weighted by atomic mass is 32.2. The van der Waals surface area contributed by atoms with Gasteiger partial charge < -0.3 is 15.4 Å². The van der Waals surface area contributed by atoms with Crippen molar-refractivity contribution in [1.82, 2.24) is 15.1 Å². The van der Waals surface area contributed by atoms with Crippen molar-refractivity contribution in [2.45, 2.75) is 19.0 Å². The minimum atomic E-state index is -0.690. The highest BCUT2D eigenvalue weighted by molar-refractivity contribution is 7.99. The molecular weight excluding hydrogens is 392 g/mol. The molecule has 1 unspecified atom stereocenters. The van der Waals surface area contributed by atoms with Crippen LogP contribution in [0.4, 0.5) is 5.69 Å². The van der Waals surface area contributed by atoms with Gasteiger partial charge in [-0.1, -0.05) is 12.1 Å². The topological polar surface area (TPSA) is 91.0 Å². The average molecular weight is 421 g/mol. The number of amides is 2. The third-order valence-corrected chi connectivity index (χ3v) is 6.04. The van der Waals surface area contributed by atoms with Crippen molar-refractivity contribution < 1.29 is 19.1 Å². The van der Waals surface area contributed by atoms with E-state index in [1.54, 1.807) is 4.90 Å². The molecule has 9 heteroatoms. The monoisotopic (exact) mass is 420 g/mol. The van der Waals surface area contributed by atoms with E-state index in [1.807, 2.05) is 30.0 Å². The van der Waals surface area contributed by atoms with E-state index in [-0.39, 0.29) is 24.8 Å². The number of nitrogens with zero attached hydrogens (tertiary/aromatic N) is 2. The summed E-state index contributed by atoms with van der Waals surface area (Å²) in [6.07, 6.45) is -0.0702. The number of nitrogens with one attached hydrogen (secondary N) is 2. The van der Waals surface area contributed by atoms with Gasteiger partial charge in [-0.05, 0) is 17.7 Å². The SMILES string of the molecule is COC(=O)CC1C(=O)NCCN1CC(=O)Nc1cccc(CN2CCSCC2)c1. The lowest BCUT2D eigenvalue weighted by molar-refractivity contribution is -0.146. The van der Waals surface area contributed by atoms with E-state index in [4.69, 9.17) is 0 Å². The van der Waals surface area contributed by atoms with Crippen LogP contribution in [0.15, 0.2) is 24.3 Å². The normalized spacial score (nSPS) is 20.7. The maximum atomic E-state index is 12.6. The number of carbonyl (C=O) groups excluding carboxylic acids is 3. The summed E-state index contributed by atoms with van der Waals surface area (Å²) in [6.45, 7) is 4.04. The van der Waals surface area contributed by atoms with Gasteiger partial charge in [0.15, 0.2) is 0 Å². The number of ether oxygens (including phenoxy) is 1. The van der Waals surface area contributed by atoms with Gasteiger partial charge in [-0.3, -0.25) is 24.2 Å². The van der Waals surface area contributed by atoms with Crippen molar-refractivity contribution in [3.05, 3.63) is 29.8 Å². The zero-order valence-corrected chi connectivity index (χ0v) is 17.5. The van der Waals surface area contributed by atoms with E-state index < -0.39 is 12.0 Å². The number of rotatable bonds is 7. The molecule has 2 fully saturated rings. The first-order valence-corrected chi connectivity index (χ1v) is 11.0. The van der Waals surface area contributed by atoms with Gasteiger partial charge in [0.1, 0.15) is 6.04 Å². The van der Waals surface area contributed by atoms with E-state index in [9.17, 15) is 14.4 Å². The molecule has 0 radical (unpaired) electrons. The molecule has 0 bridgehead atoms. The van der Waals surface area contributed by atoms with Crippen molar-refractivity contribution >= 4 is 35.2 Å². The summed E-state index contributed by atoms with van der Waals surface area (Å²) in [7, 11) is 1.29. The van der Waals surface area contributed by atoms with E-state index >= 15 is 0 Å². The predicted octanol–water partition coefficient (Wildman–Crippen LogP) is 0.537. The van der Waals surface area contributed by atoms with Crippen molar-refractivity contribution in [2.24, 2.45) is 0 Å². The zero-order chi connectivity index (χ0) is 20.6. The standard InChI is InChI=1S/C20H28N4O4S/c1-28-19(26)12-17-20(27)21-5-6-24(17)14-18(25)22-16-4-2-3-15(11-16)13-23-7-9-29-10-8-23/h2-4,11,17H,5-10,12-14H2,1H3,(H,21,27)(H,22,25). The molecule has 2 N–H and O–H groups in total. The summed E-state index contributed by atoms with van der Waals surface area (Å²) in [5, 5.41) is 5.65. The summed E-state index contributed by atoms with van der Waals surface area (Å²) >= 11 is 1.98. The van der Waals surface area contributed by atoms with Gasteiger partial charge in [0, 0.05) is 49.9 Å². The molecule has 1 aromatic rings. The highest BCUT2D eigenvalue weighted by Gasteiger charge is 2.33. The molecule has 29 heavy (non-hydrogen) atoms. The zero-order valence-electron chi connectivity index (χ0n) is 16.7. The number of benzene rings is 1. The molecule has 3 rings (SSSR count). The van der Waals surface area contributed by atoms with Crippen LogP contribution in [0.1, 0.15) is 12.0 Å². The summed E-state index contributed by atoms with van der Waals surface area (Å²) in [5.41, 5.74) is 1.90. The van der Waals surface area contributed by atoms with Crippen LogP contribution in [-0.4, -0.2) is 85.0 Å². The van der Waals surface area contributed by atoms with Crippen molar-refractivity contribution in [2.75, 3.05) is 56.7 Å². The summed E-state index contributed by atoms with van der Waals surface area (Å²) < 4.78 is 4.67. The Morgan fingerprint density at radius 2 is 2.07 bits per heavy atom. The second-order valence-corrected chi connectivity index (χ2v) is 8.42. The molecule has 2 saturated heterocycles. The Balaban J connectivity index is 1.57. The third-order valence-electron chi connectivity index (χ3n) is 5.10. The molecule has 1 atom stereocenters. The molecule has 8 nitrogen and oxygen atoms in total. The second kappa shape index (κ2) is 10.6. The van der Waals surface area contributed by atoms with Gasteiger partial charge in [0.05, 0.1) is 20.1 Å². The van der Waals surface area contributed by atoms with Crippen LogP contribution in [0.25, 0.3) is 0 Å².